The third kappa shape index (κ3) is 3.66. The van der Waals surface area contributed by atoms with Crippen molar-refractivity contribution in [3.05, 3.63) is 57.0 Å². The van der Waals surface area contributed by atoms with Crippen molar-refractivity contribution >= 4 is 27.5 Å². The molecule has 5 heteroatoms. The molecule has 0 atom stereocenters. The Kier molecular flexibility index (Phi) is 5.29. The van der Waals surface area contributed by atoms with E-state index in [1.165, 1.54) is 0 Å². The molecule has 0 saturated carbocycles. The Morgan fingerprint density at radius 2 is 1.85 bits per heavy atom. The normalized spacial score (nSPS) is 10.4. The van der Waals surface area contributed by atoms with E-state index in [0.29, 0.717) is 23.1 Å². The first-order valence-electron chi connectivity index (χ1n) is 5.98. The number of aliphatic hydroxyl groups is 1. The molecule has 0 spiro atoms. The lowest BCUT2D eigenvalue weighted by molar-refractivity contribution is 0.273. The second-order valence-corrected chi connectivity index (χ2v) is 5.47. The second-order valence-electron chi connectivity index (χ2n) is 4.18. The summed E-state index contributed by atoms with van der Waals surface area (Å²) in [5, 5.41) is 9.87. The topological polar surface area (TPSA) is 38.7 Å². The van der Waals surface area contributed by atoms with Gasteiger partial charge in [0.1, 0.15) is 6.61 Å². The summed E-state index contributed by atoms with van der Waals surface area (Å²) < 4.78 is 11.8. The first-order chi connectivity index (χ1) is 9.63. The zero-order valence-electron chi connectivity index (χ0n) is 10.9. The monoisotopic (exact) mass is 356 g/mol. The van der Waals surface area contributed by atoms with Crippen LogP contribution < -0.4 is 9.47 Å². The van der Waals surface area contributed by atoms with E-state index in [1.54, 1.807) is 19.2 Å². The summed E-state index contributed by atoms with van der Waals surface area (Å²) in [6.45, 7) is 0.358. The van der Waals surface area contributed by atoms with Gasteiger partial charge in [-0.05, 0) is 51.3 Å². The van der Waals surface area contributed by atoms with Gasteiger partial charge in [-0.2, -0.15) is 0 Å². The quantitative estimate of drug-likeness (QED) is 0.872. The molecule has 0 heterocycles. The molecule has 20 heavy (non-hydrogen) atoms. The largest absolute Gasteiger partial charge is 0.493 e. The Hall–Kier alpha value is -1.23. The second kappa shape index (κ2) is 6.97. The van der Waals surface area contributed by atoms with E-state index >= 15 is 0 Å². The minimum Gasteiger partial charge on any atom is -0.493 e. The minimum atomic E-state index is -0.0492. The summed E-state index contributed by atoms with van der Waals surface area (Å²) in [6.07, 6.45) is 0. The lowest BCUT2D eigenvalue weighted by Gasteiger charge is -2.14. The maximum absolute atomic E-state index is 9.18. The van der Waals surface area contributed by atoms with Crippen molar-refractivity contribution in [2.45, 2.75) is 13.2 Å². The molecule has 2 aromatic carbocycles. The molecule has 0 unspecified atom stereocenters. The van der Waals surface area contributed by atoms with Gasteiger partial charge in [-0.1, -0.05) is 23.7 Å². The SMILES string of the molecule is COc1cc(CO)cc(Br)c1OCc1ccc(Cl)cc1. The molecule has 0 saturated heterocycles. The van der Waals surface area contributed by atoms with Crippen LogP contribution in [0.1, 0.15) is 11.1 Å². The smallest absolute Gasteiger partial charge is 0.175 e. The molecule has 0 bridgehead atoms. The van der Waals surface area contributed by atoms with Gasteiger partial charge >= 0.3 is 0 Å². The van der Waals surface area contributed by atoms with E-state index in [2.05, 4.69) is 15.9 Å². The van der Waals surface area contributed by atoms with Gasteiger partial charge in [0.2, 0.25) is 0 Å². The maximum atomic E-state index is 9.18. The molecular formula is C15H14BrClO3. The Bertz CT molecular complexity index is 584. The number of methoxy groups -OCH3 is 1. The van der Waals surface area contributed by atoms with Gasteiger partial charge < -0.3 is 14.6 Å². The molecule has 0 aliphatic carbocycles. The molecule has 106 valence electrons. The average Bonchev–Trinajstić information content (AvgIpc) is 2.47. The van der Waals surface area contributed by atoms with E-state index in [4.69, 9.17) is 21.1 Å². The van der Waals surface area contributed by atoms with E-state index in [1.807, 2.05) is 24.3 Å². The summed E-state index contributed by atoms with van der Waals surface area (Å²) in [4.78, 5) is 0. The van der Waals surface area contributed by atoms with Crippen LogP contribution >= 0.6 is 27.5 Å². The first kappa shape index (κ1) is 15.2. The maximum Gasteiger partial charge on any atom is 0.175 e. The molecule has 2 aromatic rings. The van der Waals surface area contributed by atoms with E-state index in [0.717, 1.165) is 15.6 Å². The van der Waals surface area contributed by atoms with Gasteiger partial charge in [0.25, 0.3) is 0 Å². The third-order valence-corrected chi connectivity index (χ3v) is 3.61. The fourth-order valence-electron chi connectivity index (χ4n) is 1.74. The molecule has 0 aromatic heterocycles. The van der Waals surface area contributed by atoms with Gasteiger partial charge in [-0.15, -0.1) is 0 Å². The van der Waals surface area contributed by atoms with Crippen LogP contribution in [0.5, 0.6) is 11.5 Å². The van der Waals surface area contributed by atoms with Crippen molar-refractivity contribution in [1.82, 2.24) is 0 Å². The number of aliphatic hydroxyl groups excluding tert-OH is 1. The lowest BCUT2D eigenvalue weighted by atomic mass is 10.2. The fraction of sp³-hybridized carbons (Fsp3) is 0.200. The Labute approximate surface area is 131 Å². The van der Waals surface area contributed by atoms with Gasteiger partial charge in [-0.25, -0.2) is 0 Å². The predicted octanol–water partition coefficient (Wildman–Crippen LogP) is 4.18. The first-order valence-corrected chi connectivity index (χ1v) is 7.15. The van der Waals surface area contributed by atoms with Crippen molar-refractivity contribution in [1.29, 1.82) is 0 Å². The van der Waals surface area contributed by atoms with Crippen LogP contribution in [0.3, 0.4) is 0 Å². The summed E-state index contributed by atoms with van der Waals surface area (Å²) in [6, 6.07) is 11.0. The van der Waals surface area contributed by atoms with Crippen LogP contribution in [-0.4, -0.2) is 12.2 Å². The molecule has 3 nitrogen and oxygen atoms in total. The molecule has 2 rings (SSSR count). The number of hydrogen-bond donors (Lipinski definition) is 1. The van der Waals surface area contributed by atoms with Crippen molar-refractivity contribution in [3.63, 3.8) is 0 Å². The number of ether oxygens (including phenoxy) is 2. The van der Waals surface area contributed by atoms with E-state index < -0.39 is 0 Å². The predicted molar refractivity (Wildman–Crippen MR) is 82.4 cm³/mol. The van der Waals surface area contributed by atoms with Gasteiger partial charge in [-0.3, -0.25) is 0 Å². The lowest BCUT2D eigenvalue weighted by Crippen LogP contribution is -1.99. The third-order valence-electron chi connectivity index (χ3n) is 2.77. The number of benzene rings is 2. The number of rotatable bonds is 5. The molecule has 0 amide bonds. The summed E-state index contributed by atoms with van der Waals surface area (Å²) in [7, 11) is 1.57. The minimum absolute atomic E-state index is 0.0492. The van der Waals surface area contributed by atoms with E-state index in [-0.39, 0.29) is 6.61 Å². The zero-order chi connectivity index (χ0) is 14.5. The molecule has 0 aliphatic heterocycles. The van der Waals surface area contributed by atoms with Crippen molar-refractivity contribution in [2.75, 3.05) is 7.11 Å². The van der Waals surface area contributed by atoms with Gasteiger partial charge in [0.05, 0.1) is 18.2 Å². The van der Waals surface area contributed by atoms with Crippen LogP contribution in [0.4, 0.5) is 0 Å². The Balaban J connectivity index is 2.18. The molecular weight excluding hydrogens is 344 g/mol. The van der Waals surface area contributed by atoms with Gasteiger partial charge in [0.15, 0.2) is 11.5 Å². The van der Waals surface area contributed by atoms with Crippen LogP contribution in [0.25, 0.3) is 0 Å². The Morgan fingerprint density at radius 3 is 2.45 bits per heavy atom. The summed E-state index contributed by atoms with van der Waals surface area (Å²) >= 11 is 9.27. The van der Waals surface area contributed by atoms with Crippen molar-refractivity contribution in [2.24, 2.45) is 0 Å². The molecule has 1 N–H and O–H groups in total. The number of hydrogen-bond acceptors (Lipinski definition) is 3. The zero-order valence-corrected chi connectivity index (χ0v) is 13.2. The summed E-state index contributed by atoms with van der Waals surface area (Å²) in [5.41, 5.74) is 1.77. The highest BCUT2D eigenvalue weighted by Crippen LogP contribution is 2.37. The van der Waals surface area contributed by atoms with Crippen LogP contribution in [-0.2, 0) is 13.2 Å². The van der Waals surface area contributed by atoms with Crippen LogP contribution in [0.15, 0.2) is 40.9 Å². The molecule has 0 aliphatic rings. The highest BCUT2D eigenvalue weighted by atomic mass is 79.9. The molecule has 0 radical (unpaired) electrons. The Morgan fingerprint density at radius 1 is 1.15 bits per heavy atom. The van der Waals surface area contributed by atoms with Crippen LogP contribution in [0.2, 0.25) is 5.02 Å². The number of halogens is 2. The van der Waals surface area contributed by atoms with E-state index in [9.17, 15) is 5.11 Å². The standard InChI is InChI=1S/C15H14BrClO3/c1-19-14-7-11(8-18)6-13(16)15(14)20-9-10-2-4-12(17)5-3-10/h2-7,18H,8-9H2,1H3. The highest BCUT2D eigenvalue weighted by molar-refractivity contribution is 9.10. The van der Waals surface area contributed by atoms with Gasteiger partial charge in [0, 0.05) is 5.02 Å². The van der Waals surface area contributed by atoms with Crippen molar-refractivity contribution < 1.29 is 14.6 Å². The highest BCUT2D eigenvalue weighted by Gasteiger charge is 2.11. The van der Waals surface area contributed by atoms with Crippen LogP contribution in [0, 0.1) is 0 Å². The summed E-state index contributed by atoms with van der Waals surface area (Å²) in [5.74, 6) is 1.19. The average molecular weight is 358 g/mol. The molecule has 0 fully saturated rings. The fourth-order valence-corrected chi connectivity index (χ4v) is 2.47. The van der Waals surface area contributed by atoms with Crippen molar-refractivity contribution in [3.8, 4) is 11.5 Å².